The van der Waals surface area contributed by atoms with Gasteiger partial charge in [0, 0.05) is 23.7 Å². The molecule has 1 atom stereocenters. The number of rotatable bonds is 4. The summed E-state index contributed by atoms with van der Waals surface area (Å²) in [6.45, 7) is 1.50. The second-order valence-electron chi connectivity index (χ2n) is 3.80. The van der Waals surface area contributed by atoms with Crippen LogP contribution in [0.5, 0.6) is 0 Å². The molecule has 1 aromatic carbocycles. The Kier molecular flexibility index (Phi) is 3.81. The van der Waals surface area contributed by atoms with E-state index in [4.69, 9.17) is 22.1 Å². The minimum atomic E-state index is -0.310. The molecule has 0 saturated heterocycles. The number of benzene rings is 1. The van der Waals surface area contributed by atoms with Crippen LogP contribution in [0.15, 0.2) is 23.2 Å². The highest BCUT2D eigenvalue weighted by molar-refractivity contribution is 6.30. The summed E-state index contributed by atoms with van der Waals surface area (Å²) in [5.41, 5.74) is 5.95. The first-order chi connectivity index (χ1) is 8.15. The van der Waals surface area contributed by atoms with E-state index in [0.29, 0.717) is 30.3 Å². The smallest absolute Gasteiger partial charge is 0.282 e. The third kappa shape index (κ3) is 3.31. The molecule has 1 aromatic rings. The zero-order chi connectivity index (χ0) is 12.3. The van der Waals surface area contributed by atoms with Crippen molar-refractivity contribution in [3.63, 3.8) is 0 Å². The molecule has 1 aliphatic rings. The number of ether oxygens (including phenoxy) is 1. The normalized spacial score (nSPS) is 18.9. The van der Waals surface area contributed by atoms with Crippen molar-refractivity contribution in [1.82, 2.24) is 5.32 Å². The zero-order valence-electron chi connectivity index (χ0n) is 9.12. The van der Waals surface area contributed by atoms with E-state index < -0.39 is 0 Å². The lowest BCUT2D eigenvalue weighted by molar-refractivity contribution is 0.309. The van der Waals surface area contributed by atoms with Gasteiger partial charge in [0.15, 0.2) is 0 Å². The SMILES string of the molecule is NC1=N[C@@H](CNCc2ccc(Cl)cc2F)CO1. The Labute approximate surface area is 104 Å². The number of hydrogen-bond acceptors (Lipinski definition) is 4. The Morgan fingerprint density at radius 2 is 2.41 bits per heavy atom. The summed E-state index contributed by atoms with van der Waals surface area (Å²) in [4.78, 5) is 4.05. The minimum Gasteiger partial charge on any atom is -0.463 e. The molecule has 0 bridgehead atoms. The lowest BCUT2D eigenvalue weighted by atomic mass is 10.2. The molecule has 0 fully saturated rings. The third-order valence-electron chi connectivity index (χ3n) is 2.44. The molecular formula is C11H13ClFN3O. The third-order valence-corrected chi connectivity index (χ3v) is 2.68. The number of amidine groups is 1. The summed E-state index contributed by atoms with van der Waals surface area (Å²) in [6.07, 6.45) is 0. The van der Waals surface area contributed by atoms with E-state index in [1.54, 1.807) is 12.1 Å². The van der Waals surface area contributed by atoms with Crippen molar-refractivity contribution in [3.8, 4) is 0 Å². The Balaban J connectivity index is 1.82. The van der Waals surface area contributed by atoms with Crippen molar-refractivity contribution >= 4 is 17.6 Å². The maximum absolute atomic E-state index is 13.4. The van der Waals surface area contributed by atoms with E-state index in [2.05, 4.69) is 10.3 Å². The number of nitrogens with zero attached hydrogens (tertiary/aromatic N) is 1. The summed E-state index contributed by atoms with van der Waals surface area (Å²) in [7, 11) is 0. The van der Waals surface area contributed by atoms with Crippen molar-refractivity contribution in [2.45, 2.75) is 12.6 Å². The fraction of sp³-hybridized carbons (Fsp3) is 0.364. The lowest BCUT2D eigenvalue weighted by Crippen LogP contribution is -2.26. The monoisotopic (exact) mass is 257 g/mol. The van der Waals surface area contributed by atoms with Gasteiger partial charge in [-0.1, -0.05) is 17.7 Å². The van der Waals surface area contributed by atoms with E-state index in [1.165, 1.54) is 6.07 Å². The molecule has 0 spiro atoms. The van der Waals surface area contributed by atoms with Gasteiger partial charge in [-0.3, -0.25) is 0 Å². The fourth-order valence-electron chi connectivity index (χ4n) is 1.58. The van der Waals surface area contributed by atoms with Gasteiger partial charge in [-0.15, -0.1) is 0 Å². The number of halogens is 2. The molecular weight excluding hydrogens is 245 g/mol. The quantitative estimate of drug-likeness (QED) is 0.854. The molecule has 0 aromatic heterocycles. The summed E-state index contributed by atoms with van der Waals surface area (Å²) in [5, 5.41) is 3.49. The van der Waals surface area contributed by atoms with Crippen LogP contribution in [0.4, 0.5) is 4.39 Å². The molecule has 0 amide bonds. The molecule has 4 nitrogen and oxygen atoms in total. The first kappa shape index (κ1) is 12.1. The van der Waals surface area contributed by atoms with Crippen LogP contribution in [-0.4, -0.2) is 25.2 Å². The summed E-state index contributed by atoms with van der Waals surface area (Å²) >= 11 is 5.66. The first-order valence-corrected chi connectivity index (χ1v) is 5.63. The molecule has 6 heteroatoms. The average molecular weight is 258 g/mol. The van der Waals surface area contributed by atoms with Crippen molar-refractivity contribution in [2.75, 3.05) is 13.2 Å². The van der Waals surface area contributed by atoms with Crippen LogP contribution in [0, 0.1) is 5.82 Å². The van der Waals surface area contributed by atoms with Crippen LogP contribution >= 0.6 is 11.6 Å². The Morgan fingerprint density at radius 3 is 3.06 bits per heavy atom. The van der Waals surface area contributed by atoms with Crippen LogP contribution in [0.25, 0.3) is 0 Å². The number of nitrogens with two attached hydrogens (primary N) is 1. The maximum atomic E-state index is 13.4. The van der Waals surface area contributed by atoms with Crippen LogP contribution < -0.4 is 11.1 Å². The average Bonchev–Trinajstić information content (AvgIpc) is 2.68. The molecule has 0 aliphatic carbocycles. The van der Waals surface area contributed by atoms with Gasteiger partial charge in [0.05, 0.1) is 0 Å². The minimum absolute atomic E-state index is 0.00496. The van der Waals surface area contributed by atoms with Gasteiger partial charge in [-0.25, -0.2) is 9.38 Å². The van der Waals surface area contributed by atoms with Crippen LogP contribution in [0.3, 0.4) is 0 Å². The highest BCUT2D eigenvalue weighted by atomic mass is 35.5. The van der Waals surface area contributed by atoms with Crippen molar-refractivity contribution < 1.29 is 9.13 Å². The van der Waals surface area contributed by atoms with Gasteiger partial charge in [-0.05, 0) is 12.1 Å². The largest absolute Gasteiger partial charge is 0.463 e. The highest BCUT2D eigenvalue weighted by Gasteiger charge is 2.15. The molecule has 0 radical (unpaired) electrons. The van der Waals surface area contributed by atoms with Crippen LogP contribution in [0.2, 0.25) is 5.02 Å². The Morgan fingerprint density at radius 1 is 1.59 bits per heavy atom. The molecule has 2 rings (SSSR count). The van der Waals surface area contributed by atoms with Gasteiger partial charge in [0.1, 0.15) is 18.5 Å². The first-order valence-electron chi connectivity index (χ1n) is 5.26. The Hall–Kier alpha value is -1.33. The topological polar surface area (TPSA) is 59.6 Å². The molecule has 0 unspecified atom stereocenters. The van der Waals surface area contributed by atoms with E-state index >= 15 is 0 Å². The predicted molar refractivity (Wildman–Crippen MR) is 64.5 cm³/mol. The summed E-state index contributed by atoms with van der Waals surface area (Å²) in [5.74, 6) is -0.310. The van der Waals surface area contributed by atoms with Gasteiger partial charge in [-0.2, -0.15) is 0 Å². The van der Waals surface area contributed by atoms with Crippen LogP contribution in [0.1, 0.15) is 5.56 Å². The molecule has 3 N–H and O–H groups in total. The van der Waals surface area contributed by atoms with Crippen molar-refractivity contribution in [1.29, 1.82) is 0 Å². The van der Waals surface area contributed by atoms with E-state index in [1.807, 2.05) is 0 Å². The Bertz CT molecular complexity index is 439. The number of nitrogens with one attached hydrogen (secondary N) is 1. The van der Waals surface area contributed by atoms with Crippen molar-refractivity contribution in [2.24, 2.45) is 10.7 Å². The van der Waals surface area contributed by atoms with Gasteiger partial charge >= 0.3 is 0 Å². The molecule has 1 heterocycles. The summed E-state index contributed by atoms with van der Waals surface area (Å²) < 4.78 is 18.4. The molecule has 17 heavy (non-hydrogen) atoms. The summed E-state index contributed by atoms with van der Waals surface area (Å²) in [6, 6.07) is 4.84. The van der Waals surface area contributed by atoms with Crippen molar-refractivity contribution in [3.05, 3.63) is 34.6 Å². The van der Waals surface area contributed by atoms with Gasteiger partial charge in [0.25, 0.3) is 6.02 Å². The van der Waals surface area contributed by atoms with Gasteiger partial charge in [0.2, 0.25) is 0 Å². The lowest BCUT2D eigenvalue weighted by Gasteiger charge is -2.08. The zero-order valence-corrected chi connectivity index (χ0v) is 9.88. The van der Waals surface area contributed by atoms with E-state index in [-0.39, 0.29) is 17.9 Å². The molecule has 92 valence electrons. The number of aliphatic imine (C=N–C) groups is 1. The second-order valence-corrected chi connectivity index (χ2v) is 4.24. The van der Waals surface area contributed by atoms with Gasteiger partial charge < -0.3 is 15.8 Å². The highest BCUT2D eigenvalue weighted by Crippen LogP contribution is 2.14. The van der Waals surface area contributed by atoms with Crippen LogP contribution in [-0.2, 0) is 11.3 Å². The maximum Gasteiger partial charge on any atom is 0.282 e. The van der Waals surface area contributed by atoms with E-state index in [0.717, 1.165) is 0 Å². The fourth-order valence-corrected chi connectivity index (χ4v) is 1.74. The molecule has 1 aliphatic heterocycles. The number of hydrogen-bond donors (Lipinski definition) is 2. The predicted octanol–water partition coefficient (Wildman–Crippen LogP) is 1.28. The standard InChI is InChI=1S/C11H13ClFN3O/c12-8-2-1-7(10(13)3-8)4-15-5-9-6-17-11(14)16-9/h1-3,9,15H,4-6H2,(H2,14,16)/t9-/m0/s1. The van der Waals surface area contributed by atoms with E-state index in [9.17, 15) is 4.39 Å². The second kappa shape index (κ2) is 5.33. The molecule has 0 saturated carbocycles.